The van der Waals surface area contributed by atoms with Crippen molar-refractivity contribution in [2.24, 2.45) is 17.8 Å². The summed E-state index contributed by atoms with van der Waals surface area (Å²) in [4.78, 5) is 23.4. The number of rotatable bonds is 6. The normalized spacial score (nSPS) is 20.3. The number of aromatic nitrogens is 2. The van der Waals surface area contributed by atoms with Crippen molar-refractivity contribution in [1.29, 1.82) is 0 Å². The first-order valence-electron chi connectivity index (χ1n) is 11.6. The van der Waals surface area contributed by atoms with Crippen LogP contribution in [0.5, 0.6) is 0 Å². The van der Waals surface area contributed by atoms with Crippen molar-refractivity contribution >= 4 is 45.6 Å². The highest BCUT2D eigenvalue weighted by Gasteiger charge is 2.53. The summed E-state index contributed by atoms with van der Waals surface area (Å²) in [5.74, 6) is 7.70. The van der Waals surface area contributed by atoms with E-state index in [1.165, 1.54) is 24.5 Å². The lowest BCUT2D eigenvalue weighted by Gasteiger charge is -2.12. The van der Waals surface area contributed by atoms with Gasteiger partial charge in [0.25, 0.3) is 0 Å². The standard InChI is InChI=1S/C27H25ClFN5O2/c1-34(2)9-3-4-26(35)33-24-12-19-25(10-16(24)5-7-18-20-13-36-14-21(18)20)30-15-31-27(19)32-17-6-8-23(29)22(28)11-17/h3-4,6,8,10-12,15,18,20-21H,9,13-14H2,1-2H3,(H,33,35)(H,30,31,32). The first kappa shape index (κ1) is 24.2. The maximum absolute atomic E-state index is 13.6. The third kappa shape index (κ3) is 5.34. The van der Waals surface area contributed by atoms with Gasteiger partial charge >= 0.3 is 0 Å². The third-order valence-electron chi connectivity index (χ3n) is 6.28. The van der Waals surface area contributed by atoms with Gasteiger partial charge in [-0.15, -0.1) is 0 Å². The van der Waals surface area contributed by atoms with Crippen LogP contribution in [0.3, 0.4) is 0 Å². The maximum atomic E-state index is 13.6. The fourth-order valence-electron chi connectivity index (χ4n) is 4.28. The molecule has 9 heteroatoms. The molecule has 0 radical (unpaired) electrons. The van der Waals surface area contributed by atoms with E-state index in [-0.39, 0.29) is 10.9 Å². The van der Waals surface area contributed by atoms with Gasteiger partial charge in [-0.3, -0.25) is 4.79 Å². The van der Waals surface area contributed by atoms with Crippen LogP contribution in [0.25, 0.3) is 10.9 Å². The second kappa shape index (κ2) is 10.2. The Morgan fingerprint density at radius 3 is 2.81 bits per heavy atom. The Morgan fingerprint density at radius 2 is 2.06 bits per heavy atom. The van der Waals surface area contributed by atoms with E-state index in [2.05, 4.69) is 32.4 Å². The zero-order valence-corrected chi connectivity index (χ0v) is 20.6. The molecule has 7 nitrogen and oxygen atoms in total. The van der Waals surface area contributed by atoms with Gasteiger partial charge in [0.05, 0.1) is 35.0 Å². The Morgan fingerprint density at radius 1 is 1.25 bits per heavy atom. The average molecular weight is 506 g/mol. The number of hydrogen-bond acceptors (Lipinski definition) is 6. The second-order valence-corrected chi connectivity index (χ2v) is 9.61. The summed E-state index contributed by atoms with van der Waals surface area (Å²) in [5.41, 5.74) is 2.47. The van der Waals surface area contributed by atoms with Crippen molar-refractivity contribution in [2.75, 3.05) is 44.5 Å². The van der Waals surface area contributed by atoms with E-state index in [4.69, 9.17) is 16.3 Å². The van der Waals surface area contributed by atoms with Gasteiger partial charge in [0.1, 0.15) is 18.0 Å². The molecule has 0 spiro atoms. The largest absolute Gasteiger partial charge is 0.381 e. The number of hydrogen-bond donors (Lipinski definition) is 2. The van der Waals surface area contributed by atoms with Crippen molar-refractivity contribution in [2.45, 2.75) is 0 Å². The van der Waals surface area contributed by atoms with Gasteiger partial charge < -0.3 is 20.3 Å². The van der Waals surface area contributed by atoms with Crippen molar-refractivity contribution in [3.63, 3.8) is 0 Å². The van der Waals surface area contributed by atoms with E-state index >= 15 is 0 Å². The predicted octanol–water partition coefficient (Wildman–Crippen LogP) is 4.47. The lowest BCUT2D eigenvalue weighted by atomic mass is 10.1. The summed E-state index contributed by atoms with van der Waals surface area (Å²) < 4.78 is 19.1. The summed E-state index contributed by atoms with van der Waals surface area (Å²) in [6.45, 7) is 2.17. The van der Waals surface area contributed by atoms with Crippen LogP contribution in [0.2, 0.25) is 5.02 Å². The van der Waals surface area contributed by atoms with Crippen molar-refractivity contribution in [3.8, 4) is 11.8 Å². The van der Waals surface area contributed by atoms with Gasteiger partial charge in [-0.05, 0) is 44.4 Å². The highest BCUT2D eigenvalue weighted by molar-refractivity contribution is 6.31. The lowest BCUT2D eigenvalue weighted by molar-refractivity contribution is -0.111. The van der Waals surface area contributed by atoms with E-state index < -0.39 is 5.82 Å². The summed E-state index contributed by atoms with van der Waals surface area (Å²) in [5, 5.41) is 6.79. The molecule has 1 aliphatic carbocycles. The number of likely N-dealkylation sites (N-methyl/N-ethyl adjacent to an activating group) is 1. The van der Waals surface area contributed by atoms with Crippen LogP contribution < -0.4 is 10.6 Å². The Labute approximate surface area is 213 Å². The number of benzene rings is 2. The number of anilines is 3. The fraction of sp³-hybridized carbons (Fsp3) is 0.296. The summed E-state index contributed by atoms with van der Waals surface area (Å²) in [6.07, 6.45) is 4.74. The molecule has 2 fully saturated rings. The highest BCUT2D eigenvalue weighted by Crippen LogP contribution is 2.50. The predicted molar refractivity (Wildman–Crippen MR) is 139 cm³/mol. The van der Waals surface area contributed by atoms with Crippen LogP contribution >= 0.6 is 11.6 Å². The molecular weight excluding hydrogens is 481 g/mol. The molecule has 2 unspecified atom stereocenters. The second-order valence-electron chi connectivity index (χ2n) is 9.21. The van der Waals surface area contributed by atoms with E-state index in [9.17, 15) is 9.18 Å². The van der Waals surface area contributed by atoms with E-state index in [1.54, 1.807) is 18.2 Å². The van der Waals surface area contributed by atoms with Crippen LogP contribution in [0, 0.1) is 35.4 Å². The molecule has 1 amide bonds. The molecule has 5 rings (SSSR count). The summed E-state index contributed by atoms with van der Waals surface area (Å²) >= 11 is 5.94. The molecule has 2 aromatic carbocycles. The van der Waals surface area contributed by atoms with Gasteiger partial charge in [0, 0.05) is 41.4 Å². The Hall–Kier alpha value is -3.51. The molecule has 1 saturated carbocycles. The topological polar surface area (TPSA) is 79.4 Å². The number of amides is 1. The summed E-state index contributed by atoms with van der Waals surface area (Å²) in [6, 6.07) is 8.00. The first-order chi connectivity index (χ1) is 17.4. The molecule has 2 aliphatic rings. The van der Waals surface area contributed by atoms with Gasteiger partial charge in [0.15, 0.2) is 0 Å². The minimum Gasteiger partial charge on any atom is -0.381 e. The molecule has 36 heavy (non-hydrogen) atoms. The third-order valence-corrected chi connectivity index (χ3v) is 6.57. The SMILES string of the molecule is CN(C)CC=CC(=O)Nc1cc2c(Nc3ccc(F)c(Cl)c3)ncnc2cc1C#CC1C2COCC12. The number of fused-ring (bicyclic) bond motifs is 2. The van der Waals surface area contributed by atoms with Crippen LogP contribution in [0.1, 0.15) is 5.56 Å². The smallest absolute Gasteiger partial charge is 0.248 e. The van der Waals surface area contributed by atoms with Crippen LogP contribution in [0.4, 0.5) is 21.6 Å². The van der Waals surface area contributed by atoms with Gasteiger partial charge in [0.2, 0.25) is 5.91 Å². The number of carbonyl (C=O) groups excluding carboxylic acids is 1. The molecule has 0 bridgehead atoms. The molecule has 2 atom stereocenters. The van der Waals surface area contributed by atoms with E-state index in [0.29, 0.717) is 58.0 Å². The molecule has 184 valence electrons. The molecule has 3 aromatic rings. The number of carbonyl (C=O) groups is 1. The van der Waals surface area contributed by atoms with Crippen molar-refractivity contribution in [1.82, 2.24) is 14.9 Å². The van der Waals surface area contributed by atoms with Gasteiger partial charge in [-0.2, -0.15) is 0 Å². The summed E-state index contributed by atoms with van der Waals surface area (Å²) in [7, 11) is 3.86. The monoisotopic (exact) mass is 505 g/mol. The van der Waals surface area contributed by atoms with E-state index in [0.717, 1.165) is 13.2 Å². The molecule has 1 aromatic heterocycles. The first-order valence-corrected chi connectivity index (χ1v) is 12.0. The number of nitrogens with zero attached hydrogens (tertiary/aromatic N) is 3. The van der Waals surface area contributed by atoms with Crippen LogP contribution in [0.15, 0.2) is 48.8 Å². The highest BCUT2D eigenvalue weighted by atomic mass is 35.5. The van der Waals surface area contributed by atoms with Crippen LogP contribution in [-0.2, 0) is 9.53 Å². The maximum Gasteiger partial charge on any atom is 0.248 e. The van der Waals surface area contributed by atoms with Crippen LogP contribution in [-0.4, -0.2) is 54.6 Å². The van der Waals surface area contributed by atoms with Crippen molar-refractivity contribution < 1.29 is 13.9 Å². The van der Waals surface area contributed by atoms with Gasteiger partial charge in [-0.25, -0.2) is 14.4 Å². The van der Waals surface area contributed by atoms with Crippen molar-refractivity contribution in [3.05, 3.63) is 65.2 Å². The van der Waals surface area contributed by atoms with Gasteiger partial charge in [-0.1, -0.05) is 29.5 Å². The molecule has 2 N–H and O–H groups in total. The Balaban J connectivity index is 1.49. The number of ether oxygens (including phenoxy) is 1. The molecule has 2 heterocycles. The Bertz CT molecular complexity index is 1400. The van der Waals surface area contributed by atoms with E-state index in [1.807, 2.05) is 25.1 Å². The minimum atomic E-state index is -0.503. The minimum absolute atomic E-state index is 0.00336. The number of halogens is 2. The average Bonchev–Trinajstić information content (AvgIpc) is 3.26. The molecule has 1 saturated heterocycles. The zero-order valence-electron chi connectivity index (χ0n) is 19.9. The zero-order chi connectivity index (χ0) is 25.2. The molecule has 1 aliphatic heterocycles. The fourth-order valence-corrected chi connectivity index (χ4v) is 4.46. The quantitative estimate of drug-likeness (QED) is 0.380. The number of nitrogens with one attached hydrogen (secondary N) is 2. The Kier molecular flexibility index (Phi) is 6.88. The molecular formula is C27H25ClFN5O2. The lowest BCUT2D eigenvalue weighted by Crippen LogP contribution is -2.13.